The van der Waals surface area contributed by atoms with E-state index in [2.05, 4.69) is 26.1 Å². The number of aryl methyl sites for hydroxylation is 1. The van der Waals surface area contributed by atoms with Crippen molar-refractivity contribution >= 4 is 0 Å². The Labute approximate surface area is 114 Å². The number of rotatable bonds is 5. The van der Waals surface area contributed by atoms with Crippen molar-refractivity contribution < 1.29 is 8.78 Å². The van der Waals surface area contributed by atoms with Crippen LogP contribution in [-0.4, -0.2) is 6.54 Å². The first-order valence-corrected chi connectivity index (χ1v) is 7.05. The van der Waals surface area contributed by atoms with Gasteiger partial charge in [0, 0.05) is 11.6 Å². The third-order valence-electron chi connectivity index (χ3n) is 4.22. The Kier molecular flexibility index (Phi) is 3.95. The number of hydrogen-bond donors (Lipinski definition) is 1. The summed E-state index contributed by atoms with van der Waals surface area (Å²) in [7, 11) is 0. The molecule has 0 aromatic heterocycles. The summed E-state index contributed by atoms with van der Waals surface area (Å²) in [6.45, 7) is 8.86. The molecule has 0 aliphatic heterocycles. The van der Waals surface area contributed by atoms with Crippen molar-refractivity contribution in [3.63, 3.8) is 0 Å². The Morgan fingerprint density at radius 3 is 2.47 bits per heavy atom. The molecule has 0 heterocycles. The lowest BCUT2D eigenvalue weighted by molar-refractivity contribution is 0.400. The molecule has 1 aliphatic rings. The second-order valence-corrected chi connectivity index (χ2v) is 6.35. The fourth-order valence-corrected chi connectivity index (χ4v) is 2.75. The van der Waals surface area contributed by atoms with Crippen LogP contribution in [0.15, 0.2) is 12.1 Å². The van der Waals surface area contributed by atoms with Crippen LogP contribution in [0, 0.1) is 29.9 Å². The number of benzene rings is 1. The molecule has 2 atom stereocenters. The van der Waals surface area contributed by atoms with Crippen molar-refractivity contribution in [3.05, 3.63) is 34.9 Å². The maximum atomic E-state index is 14.1. The van der Waals surface area contributed by atoms with Gasteiger partial charge in [-0.15, -0.1) is 0 Å². The maximum absolute atomic E-state index is 14.1. The summed E-state index contributed by atoms with van der Waals surface area (Å²) < 4.78 is 27.9. The zero-order valence-corrected chi connectivity index (χ0v) is 12.2. The molecular formula is C16H23F2N. The minimum atomic E-state index is -0.321. The first-order valence-electron chi connectivity index (χ1n) is 7.05. The summed E-state index contributed by atoms with van der Waals surface area (Å²) in [4.78, 5) is 0. The minimum absolute atomic E-state index is 0.0787. The summed E-state index contributed by atoms with van der Waals surface area (Å²) in [6.07, 6.45) is 2.04. The zero-order valence-electron chi connectivity index (χ0n) is 12.2. The van der Waals surface area contributed by atoms with E-state index in [1.165, 1.54) is 12.1 Å². The van der Waals surface area contributed by atoms with E-state index < -0.39 is 0 Å². The molecule has 2 rings (SSSR count). The highest BCUT2D eigenvalue weighted by Gasteiger charge is 2.50. The van der Waals surface area contributed by atoms with E-state index in [-0.39, 0.29) is 23.1 Å². The van der Waals surface area contributed by atoms with E-state index in [1.54, 1.807) is 6.92 Å². The Morgan fingerprint density at radius 2 is 1.95 bits per heavy atom. The molecule has 2 unspecified atom stereocenters. The normalized spacial score (nSPS) is 22.3. The van der Waals surface area contributed by atoms with Gasteiger partial charge in [-0.1, -0.05) is 20.8 Å². The highest BCUT2D eigenvalue weighted by molar-refractivity contribution is 5.30. The van der Waals surface area contributed by atoms with Crippen LogP contribution in [0.2, 0.25) is 0 Å². The SMILES string of the molecule is CCCNC(c1cc(F)c(C)cc1F)C1CC1(C)C. The third-order valence-corrected chi connectivity index (χ3v) is 4.22. The maximum Gasteiger partial charge on any atom is 0.128 e. The van der Waals surface area contributed by atoms with Gasteiger partial charge in [-0.25, -0.2) is 8.78 Å². The highest BCUT2D eigenvalue weighted by Crippen LogP contribution is 2.58. The van der Waals surface area contributed by atoms with E-state index in [4.69, 9.17) is 0 Å². The molecule has 1 aliphatic carbocycles. The average molecular weight is 267 g/mol. The van der Waals surface area contributed by atoms with Crippen molar-refractivity contribution in [3.8, 4) is 0 Å². The Morgan fingerprint density at radius 1 is 1.32 bits per heavy atom. The van der Waals surface area contributed by atoms with Crippen molar-refractivity contribution in [2.24, 2.45) is 11.3 Å². The van der Waals surface area contributed by atoms with Gasteiger partial charge in [-0.05, 0) is 55.3 Å². The van der Waals surface area contributed by atoms with Gasteiger partial charge in [0.25, 0.3) is 0 Å². The molecule has 1 saturated carbocycles. The molecule has 3 heteroatoms. The second kappa shape index (κ2) is 5.20. The molecule has 1 nitrogen and oxygen atoms in total. The quantitative estimate of drug-likeness (QED) is 0.835. The van der Waals surface area contributed by atoms with Crippen molar-refractivity contribution in [2.45, 2.75) is 46.6 Å². The van der Waals surface area contributed by atoms with Gasteiger partial charge >= 0.3 is 0 Å². The molecule has 1 fully saturated rings. The topological polar surface area (TPSA) is 12.0 Å². The fourth-order valence-electron chi connectivity index (χ4n) is 2.75. The molecule has 1 N–H and O–H groups in total. The van der Waals surface area contributed by atoms with Crippen LogP contribution in [0.4, 0.5) is 8.78 Å². The fraction of sp³-hybridized carbons (Fsp3) is 0.625. The molecule has 0 spiro atoms. The molecule has 19 heavy (non-hydrogen) atoms. The smallest absolute Gasteiger partial charge is 0.128 e. The van der Waals surface area contributed by atoms with E-state index >= 15 is 0 Å². The van der Waals surface area contributed by atoms with E-state index in [0.717, 1.165) is 19.4 Å². The highest BCUT2D eigenvalue weighted by atomic mass is 19.1. The number of hydrogen-bond acceptors (Lipinski definition) is 1. The summed E-state index contributed by atoms with van der Waals surface area (Å²) in [5.41, 5.74) is 1.07. The first kappa shape index (κ1) is 14.4. The van der Waals surface area contributed by atoms with E-state index in [0.29, 0.717) is 17.0 Å². The van der Waals surface area contributed by atoms with Gasteiger partial charge in [0.1, 0.15) is 11.6 Å². The molecule has 1 aromatic carbocycles. The monoisotopic (exact) mass is 267 g/mol. The van der Waals surface area contributed by atoms with Crippen LogP contribution in [-0.2, 0) is 0 Å². The summed E-state index contributed by atoms with van der Waals surface area (Å²) in [5.74, 6) is -0.232. The summed E-state index contributed by atoms with van der Waals surface area (Å²) in [5, 5.41) is 3.38. The first-order chi connectivity index (χ1) is 8.86. The van der Waals surface area contributed by atoms with Gasteiger partial charge in [-0.3, -0.25) is 0 Å². The van der Waals surface area contributed by atoms with Crippen molar-refractivity contribution in [2.75, 3.05) is 6.54 Å². The minimum Gasteiger partial charge on any atom is -0.310 e. The second-order valence-electron chi connectivity index (χ2n) is 6.35. The van der Waals surface area contributed by atoms with Crippen LogP contribution in [0.5, 0.6) is 0 Å². The molecule has 106 valence electrons. The standard InChI is InChI=1S/C16H23F2N/c1-5-6-19-15(12-9-16(12,3)4)11-8-13(17)10(2)7-14(11)18/h7-8,12,15,19H,5-6,9H2,1-4H3. The van der Waals surface area contributed by atoms with Gasteiger partial charge in [0.15, 0.2) is 0 Å². The number of nitrogens with one attached hydrogen (secondary N) is 1. The van der Waals surface area contributed by atoms with Crippen molar-refractivity contribution in [1.82, 2.24) is 5.32 Å². The van der Waals surface area contributed by atoms with E-state index in [9.17, 15) is 8.78 Å². The van der Waals surface area contributed by atoms with Crippen LogP contribution < -0.4 is 5.32 Å². The zero-order chi connectivity index (χ0) is 14.2. The van der Waals surface area contributed by atoms with Gasteiger partial charge < -0.3 is 5.32 Å². The predicted molar refractivity (Wildman–Crippen MR) is 74.0 cm³/mol. The average Bonchev–Trinajstić information content (AvgIpc) is 2.95. The molecular weight excluding hydrogens is 244 g/mol. The van der Waals surface area contributed by atoms with Gasteiger partial charge in [0.05, 0.1) is 0 Å². The predicted octanol–water partition coefficient (Wildman–Crippen LogP) is 4.36. The van der Waals surface area contributed by atoms with Crippen LogP contribution in [0.1, 0.15) is 50.8 Å². The Hall–Kier alpha value is -0.960. The van der Waals surface area contributed by atoms with Crippen LogP contribution >= 0.6 is 0 Å². The van der Waals surface area contributed by atoms with Crippen molar-refractivity contribution in [1.29, 1.82) is 0 Å². The lowest BCUT2D eigenvalue weighted by atomic mass is 9.95. The van der Waals surface area contributed by atoms with Gasteiger partial charge in [0.2, 0.25) is 0 Å². The molecule has 1 aromatic rings. The lowest BCUT2D eigenvalue weighted by Crippen LogP contribution is -2.26. The third kappa shape index (κ3) is 2.97. The number of halogens is 2. The van der Waals surface area contributed by atoms with Crippen LogP contribution in [0.25, 0.3) is 0 Å². The molecule has 0 saturated heterocycles. The Bertz CT molecular complexity index is 468. The van der Waals surface area contributed by atoms with Gasteiger partial charge in [-0.2, -0.15) is 0 Å². The largest absolute Gasteiger partial charge is 0.310 e. The summed E-state index contributed by atoms with van der Waals surface area (Å²) in [6, 6.07) is 2.60. The lowest BCUT2D eigenvalue weighted by Gasteiger charge is -2.22. The molecule has 0 amide bonds. The van der Waals surface area contributed by atoms with E-state index in [1.807, 2.05) is 0 Å². The Balaban J connectivity index is 2.30. The molecule has 0 bridgehead atoms. The van der Waals surface area contributed by atoms with Crippen LogP contribution in [0.3, 0.4) is 0 Å². The summed E-state index contributed by atoms with van der Waals surface area (Å²) >= 11 is 0. The molecule has 0 radical (unpaired) electrons.